The predicted molar refractivity (Wildman–Crippen MR) is 96.4 cm³/mol. The summed E-state index contributed by atoms with van der Waals surface area (Å²) in [6.07, 6.45) is 4.16. The van der Waals surface area contributed by atoms with Crippen molar-refractivity contribution in [1.82, 2.24) is 0 Å². The van der Waals surface area contributed by atoms with E-state index >= 15 is 0 Å². The maximum Gasteiger partial charge on any atom is 0.251 e. The third-order valence-electron chi connectivity index (χ3n) is 3.85. The van der Waals surface area contributed by atoms with Crippen LogP contribution in [0.5, 0.6) is 0 Å². The molecule has 134 valence electrons. The van der Waals surface area contributed by atoms with Crippen LogP contribution in [0.2, 0.25) is 0 Å². The number of rotatable bonds is 5. The molecular formula is C21H14F2N2O2. The third kappa shape index (κ3) is 4.28. The van der Waals surface area contributed by atoms with E-state index in [0.29, 0.717) is 23.0 Å². The first-order valence-electron chi connectivity index (χ1n) is 8.04. The van der Waals surface area contributed by atoms with Crippen LogP contribution in [0.1, 0.15) is 16.9 Å². The van der Waals surface area contributed by atoms with E-state index in [1.165, 1.54) is 24.5 Å². The van der Waals surface area contributed by atoms with E-state index in [2.05, 4.69) is 0 Å². The smallest absolute Gasteiger partial charge is 0.251 e. The molecule has 0 spiro atoms. The fourth-order valence-corrected chi connectivity index (χ4v) is 2.54. The zero-order valence-corrected chi connectivity index (χ0v) is 14.1. The maximum atomic E-state index is 14.2. The lowest BCUT2D eigenvalue weighted by atomic mass is 10.1. The van der Waals surface area contributed by atoms with Gasteiger partial charge in [0.25, 0.3) is 5.91 Å². The molecule has 6 heteroatoms. The molecule has 0 N–H and O–H groups in total. The van der Waals surface area contributed by atoms with Gasteiger partial charge in [-0.2, -0.15) is 5.26 Å². The lowest BCUT2D eigenvalue weighted by Gasteiger charge is -2.21. The summed E-state index contributed by atoms with van der Waals surface area (Å²) < 4.78 is 32.7. The number of amides is 1. The summed E-state index contributed by atoms with van der Waals surface area (Å²) >= 11 is 0. The molecule has 27 heavy (non-hydrogen) atoms. The van der Waals surface area contributed by atoms with Gasteiger partial charge in [-0.05, 0) is 42.0 Å². The monoisotopic (exact) mass is 364 g/mol. The molecule has 1 amide bonds. The van der Waals surface area contributed by atoms with Crippen molar-refractivity contribution in [3.8, 4) is 6.07 Å². The first-order chi connectivity index (χ1) is 13.1. The molecule has 1 heterocycles. The number of nitrogens with zero attached hydrogens (tertiary/aromatic N) is 2. The molecule has 0 aliphatic heterocycles. The second-order valence-corrected chi connectivity index (χ2v) is 5.63. The Kier molecular flexibility index (Phi) is 5.43. The lowest BCUT2D eigenvalue weighted by molar-refractivity contribution is -0.114. The highest BCUT2D eigenvalue weighted by Gasteiger charge is 2.19. The number of carbonyl (C=O) groups excluding carboxylic acids is 1. The molecule has 0 fully saturated rings. The van der Waals surface area contributed by atoms with Gasteiger partial charge >= 0.3 is 0 Å². The Morgan fingerprint density at radius 3 is 2.67 bits per heavy atom. The summed E-state index contributed by atoms with van der Waals surface area (Å²) in [5.74, 6) is -1.69. The van der Waals surface area contributed by atoms with Gasteiger partial charge in [0.1, 0.15) is 17.4 Å². The molecule has 0 saturated carbocycles. The van der Waals surface area contributed by atoms with Crippen molar-refractivity contribution in [2.45, 2.75) is 6.54 Å². The van der Waals surface area contributed by atoms with Gasteiger partial charge in [-0.15, -0.1) is 0 Å². The maximum absolute atomic E-state index is 14.2. The first kappa shape index (κ1) is 18.1. The van der Waals surface area contributed by atoms with E-state index in [0.717, 1.165) is 11.0 Å². The summed E-state index contributed by atoms with van der Waals surface area (Å²) in [5, 5.41) is 9.13. The second-order valence-electron chi connectivity index (χ2n) is 5.63. The zero-order valence-electron chi connectivity index (χ0n) is 14.1. The number of nitriles is 1. The number of benzene rings is 2. The van der Waals surface area contributed by atoms with Crippen LogP contribution >= 0.6 is 0 Å². The van der Waals surface area contributed by atoms with Crippen molar-refractivity contribution >= 4 is 17.7 Å². The van der Waals surface area contributed by atoms with Crippen molar-refractivity contribution in [1.29, 1.82) is 5.26 Å². The van der Waals surface area contributed by atoms with E-state index in [4.69, 9.17) is 9.68 Å². The molecule has 0 unspecified atom stereocenters. The highest BCUT2D eigenvalue weighted by atomic mass is 19.1. The molecule has 0 aliphatic carbocycles. The van der Waals surface area contributed by atoms with E-state index in [9.17, 15) is 13.6 Å². The topological polar surface area (TPSA) is 57.2 Å². The van der Waals surface area contributed by atoms with Gasteiger partial charge in [0.2, 0.25) is 0 Å². The quantitative estimate of drug-likeness (QED) is 0.618. The Morgan fingerprint density at radius 1 is 1.15 bits per heavy atom. The highest BCUT2D eigenvalue weighted by molar-refractivity contribution is 6.03. The molecule has 0 saturated heterocycles. The molecule has 0 aliphatic rings. The van der Waals surface area contributed by atoms with Crippen LogP contribution in [-0.2, 0) is 11.3 Å². The number of halogens is 2. The van der Waals surface area contributed by atoms with Crippen LogP contribution in [-0.4, -0.2) is 5.91 Å². The minimum Gasteiger partial charge on any atom is -0.467 e. The van der Waals surface area contributed by atoms with Crippen LogP contribution in [0, 0.1) is 23.0 Å². The molecule has 0 radical (unpaired) electrons. The van der Waals surface area contributed by atoms with Crippen LogP contribution in [0.25, 0.3) is 6.08 Å². The minimum absolute atomic E-state index is 0.0291. The van der Waals surface area contributed by atoms with Crippen LogP contribution in [0.3, 0.4) is 0 Å². The summed E-state index contributed by atoms with van der Waals surface area (Å²) in [4.78, 5) is 13.9. The van der Waals surface area contributed by atoms with E-state index in [1.807, 2.05) is 6.07 Å². The molecule has 3 aromatic rings. The average Bonchev–Trinajstić information content (AvgIpc) is 3.18. The van der Waals surface area contributed by atoms with Gasteiger partial charge < -0.3 is 4.42 Å². The summed E-state index contributed by atoms with van der Waals surface area (Å²) in [5.41, 5.74) is 0.897. The number of hydrogen-bond donors (Lipinski definition) is 0. The zero-order chi connectivity index (χ0) is 19.2. The molecule has 2 aromatic carbocycles. The number of hydrogen-bond acceptors (Lipinski definition) is 3. The van der Waals surface area contributed by atoms with Crippen molar-refractivity contribution in [2.75, 3.05) is 4.90 Å². The first-order valence-corrected chi connectivity index (χ1v) is 8.04. The highest BCUT2D eigenvalue weighted by Crippen LogP contribution is 2.23. The van der Waals surface area contributed by atoms with Gasteiger partial charge in [0.15, 0.2) is 0 Å². The van der Waals surface area contributed by atoms with Crippen LogP contribution in [0.15, 0.2) is 71.4 Å². The second kappa shape index (κ2) is 8.11. The summed E-state index contributed by atoms with van der Waals surface area (Å²) in [6, 6.07) is 15.1. The number of carbonyl (C=O) groups is 1. The van der Waals surface area contributed by atoms with Gasteiger partial charge in [-0.25, -0.2) is 8.78 Å². The Hall–Kier alpha value is -3.72. The van der Waals surface area contributed by atoms with Gasteiger partial charge in [-0.3, -0.25) is 9.69 Å². The molecule has 1 aromatic heterocycles. The van der Waals surface area contributed by atoms with Crippen molar-refractivity contribution in [3.05, 3.63) is 95.5 Å². The van der Waals surface area contributed by atoms with Crippen LogP contribution in [0.4, 0.5) is 14.5 Å². The van der Waals surface area contributed by atoms with Gasteiger partial charge in [0, 0.05) is 12.1 Å². The normalized spacial score (nSPS) is 10.7. The fraction of sp³-hybridized carbons (Fsp3) is 0.0476. The van der Waals surface area contributed by atoms with E-state index in [1.54, 1.807) is 36.4 Å². The van der Waals surface area contributed by atoms with Gasteiger partial charge in [0.05, 0.1) is 30.1 Å². The van der Waals surface area contributed by atoms with E-state index < -0.39 is 17.5 Å². The Morgan fingerprint density at radius 2 is 1.96 bits per heavy atom. The molecule has 0 bridgehead atoms. The minimum atomic E-state index is -0.860. The largest absolute Gasteiger partial charge is 0.467 e. The number of furan rings is 1. The SMILES string of the molecule is N#Cc1ccccc1/C=C/C(=O)N(Cc1ccco1)c1ccc(F)cc1F. The van der Waals surface area contributed by atoms with Crippen molar-refractivity contribution < 1.29 is 18.0 Å². The standard InChI is InChI=1S/C21H14F2N2O2/c22-17-8-9-20(19(23)12-17)25(14-18-6-3-11-27-18)21(26)10-7-15-4-1-2-5-16(15)13-24/h1-12H,14H2/b10-7+. The molecule has 4 nitrogen and oxygen atoms in total. The lowest BCUT2D eigenvalue weighted by Crippen LogP contribution is -2.29. The Labute approximate surface area is 154 Å². The Balaban J connectivity index is 1.93. The predicted octanol–water partition coefficient (Wildman–Crippen LogP) is 4.68. The molecule has 3 rings (SSSR count). The summed E-state index contributed by atoms with van der Waals surface area (Å²) in [6.45, 7) is -0.0291. The average molecular weight is 364 g/mol. The van der Waals surface area contributed by atoms with Crippen LogP contribution < -0.4 is 4.90 Å². The van der Waals surface area contributed by atoms with Gasteiger partial charge in [-0.1, -0.05) is 18.2 Å². The fourth-order valence-electron chi connectivity index (χ4n) is 2.54. The Bertz CT molecular complexity index is 1020. The number of anilines is 1. The third-order valence-corrected chi connectivity index (χ3v) is 3.85. The van der Waals surface area contributed by atoms with E-state index in [-0.39, 0.29) is 12.2 Å². The summed E-state index contributed by atoms with van der Waals surface area (Å²) in [7, 11) is 0. The molecular weight excluding hydrogens is 350 g/mol. The van der Waals surface area contributed by atoms with Crippen molar-refractivity contribution in [2.24, 2.45) is 0 Å². The van der Waals surface area contributed by atoms with Crippen molar-refractivity contribution in [3.63, 3.8) is 0 Å². The molecule has 0 atom stereocenters.